The van der Waals surface area contributed by atoms with Crippen LogP contribution in [-0.2, 0) is 20.8 Å². The number of para-hydroxylation sites is 1. The lowest BCUT2D eigenvalue weighted by Gasteiger charge is -2.31. The molecular formula is C22H31N5O4. The van der Waals surface area contributed by atoms with E-state index in [2.05, 4.69) is 25.1 Å². The fraction of sp³-hybridized carbons (Fsp3) is 0.591. The molecule has 1 atom stereocenters. The average Bonchev–Trinajstić information content (AvgIpc) is 2.80. The molecule has 2 aromatic rings. The zero-order chi connectivity index (χ0) is 21.5. The number of aromatic nitrogens is 2. The molecule has 0 bridgehead atoms. The minimum Gasteiger partial charge on any atom is -0.379 e. The molecule has 0 unspecified atom stereocenters. The number of nitrogens with one attached hydrogen (secondary N) is 2. The molecule has 1 amide bonds. The number of amides is 1. The van der Waals surface area contributed by atoms with Crippen molar-refractivity contribution < 1.29 is 14.3 Å². The molecule has 2 N–H and O–H groups in total. The lowest BCUT2D eigenvalue weighted by Crippen LogP contribution is -2.49. The Balaban J connectivity index is 1.21. The van der Waals surface area contributed by atoms with Crippen molar-refractivity contribution in [1.29, 1.82) is 0 Å². The second-order valence-corrected chi connectivity index (χ2v) is 8.08. The number of morpholine rings is 2. The summed E-state index contributed by atoms with van der Waals surface area (Å²) >= 11 is 0. The predicted molar refractivity (Wildman–Crippen MR) is 117 cm³/mol. The summed E-state index contributed by atoms with van der Waals surface area (Å²) in [6.45, 7) is 7.46. The second-order valence-electron chi connectivity index (χ2n) is 8.08. The number of rotatable bonds is 8. The van der Waals surface area contributed by atoms with Crippen LogP contribution in [0.25, 0.3) is 10.9 Å². The van der Waals surface area contributed by atoms with Crippen LogP contribution in [0.15, 0.2) is 29.1 Å². The van der Waals surface area contributed by atoms with E-state index in [1.54, 1.807) is 6.07 Å². The number of ether oxygens (including phenoxy) is 2. The molecule has 1 aromatic carbocycles. The van der Waals surface area contributed by atoms with Crippen LogP contribution in [0.3, 0.4) is 0 Å². The fourth-order valence-corrected chi connectivity index (χ4v) is 4.04. The minimum atomic E-state index is -0.500. The summed E-state index contributed by atoms with van der Waals surface area (Å²) in [4.78, 5) is 36.7. The van der Waals surface area contributed by atoms with Crippen LogP contribution >= 0.6 is 0 Å². The predicted octanol–water partition coefficient (Wildman–Crippen LogP) is 0.353. The van der Waals surface area contributed by atoms with Crippen molar-refractivity contribution in [3.05, 3.63) is 40.4 Å². The molecule has 9 nitrogen and oxygen atoms in total. The first-order chi connectivity index (χ1) is 15.2. The van der Waals surface area contributed by atoms with E-state index in [9.17, 15) is 9.59 Å². The summed E-state index contributed by atoms with van der Waals surface area (Å²) < 4.78 is 11.0. The van der Waals surface area contributed by atoms with Crippen LogP contribution in [0.4, 0.5) is 0 Å². The monoisotopic (exact) mass is 429 g/mol. The van der Waals surface area contributed by atoms with Gasteiger partial charge in [0.25, 0.3) is 5.56 Å². The van der Waals surface area contributed by atoms with Gasteiger partial charge in [-0.2, -0.15) is 0 Å². The van der Waals surface area contributed by atoms with E-state index < -0.39 is 6.10 Å². The van der Waals surface area contributed by atoms with E-state index in [0.29, 0.717) is 49.5 Å². The van der Waals surface area contributed by atoms with Crippen molar-refractivity contribution in [3.8, 4) is 0 Å². The molecule has 0 radical (unpaired) electrons. The fourth-order valence-electron chi connectivity index (χ4n) is 4.04. The molecule has 2 aliphatic rings. The second kappa shape index (κ2) is 10.8. The Kier molecular flexibility index (Phi) is 7.63. The number of hydrogen-bond donors (Lipinski definition) is 2. The van der Waals surface area contributed by atoms with Gasteiger partial charge in [0.2, 0.25) is 5.91 Å². The van der Waals surface area contributed by atoms with Crippen molar-refractivity contribution >= 4 is 16.8 Å². The van der Waals surface area contributed by atoms with Gasteiger partial charge in [-0.15, -0.1) is 0 Å². The maximum absolute atomic E-state index is 12.5. The van der Waals surface area contributed by atoms with E-state index in [0.717, 1.165) is 45.7 Å². The number of fused-ring (bicyclic) bond motifs is 1. The normalized spacial score (nSPS) is 20.7. The number of nitrogens with zero attached hydrogens (tertiary/aromatic N) is 3. The highest BCUT2D eigenvalue weighted by Crippen LogP contribution is 2.11. The van der Waals surface area contributed by atoms with Gasteiger partial charge >= 0.3 is 0 Å². The largest absolute Gasteiger partial charge is 0.379 e. The van der Waals surface area contributed by atoms with Crippen molar-refractivity contribution in [2.24, 2.45) is 0 Å². The van der Waals surface area contributed by atoms with E-state index in [1.807, 2.05) is 18.2 Å². The van der Waals surface area contributed by atoms with Gasteiger partial charge in [-0.25, -0.2) is 4.98 Å². The molecule has 2 saturated heterocycles. The highest BCUT2D eigenvalue weighted by molar-refractivity contribution is 5.81. The molecular weight excluding hydrogens is 398 g/mol. The first-order valence-electron chi connectivity index (χ1n) is 11.1. The van der Waals surface area contributed by atoms with Crippen molar-refractivity contribution in [1.82, 2.24) is 25.1 Å². The Morgan fingerprint density at radius 2 is 1.94 bits per heavy atom. The Labute approximate surface area is 181 Å². The smallest absolute Gasteiger partial charge is 0.258 e. The molecule has 4 rings (SSSR count). The lowest BCUT2D eigenvalue weighted by atomic mass is 10.2. The number of benzene rings is 1. The van der Waals surface area contributed by atoms with Gasteiger partial charge < -0.3 is 19.8 Å². The number of H-pyrrole nitrogens is 1. The molecule has 1 aromatic heterocycles. The third-order valence-corrected chi connectivity index (χ3v) is 5.78. The summed E-state index contributed by atoms with van der Waals surface area (Å²) in [5.41, 5.74) is 0.543. The van der Waals surface area contributed by atoms with Crippen molar-refractivity contribution in [2.75, 3.05) is 59.1 Å². The van der Waals surface area contributed by atoms with Crippen LogP contribution in [0, 0.1) is 0 Å². The summed E-state index contributed by atoms with van der Waals surface area (Å²) in [5, 5.41) is 3.58. The van der Waals surface area contributed by atoms with Crippen LogP contribution < -0.4 is 10.9 Å². The maximum Gasteiger partial charge on any atom is 0.258 e. The molecule has 9 heteroatoms. The van der Waals surface area contributed by atoms with Gasteiger partial charge in [0.05, 0.1) is 37.3 Å². The zero-order valence-corrected chi connectivity index (χ0v) is 17.8. The van der Waals surface area contributed by atoms with Gasteiger partial charge in [0.15, 0.2) is 0 Å². The summed E-state index contributed by atoms with van der Waals surface area (Å²) in [6, 6.07) is 7.30. The SMILES string of the molecule is O=C(NCCCCN1CCOCC1)[C@H]1CN(Cc2nc3ccccc3c(=O)[nH]2)CCO1. The third kappa shape index (κ3) is 6.10. The molecule has 0 spiro atoms. The topological polar surface area (TPSA) is 99.8 Å². The van der Waals surface area contributed by atoms with Gasteiger partial charge in [0, 0.05) is 32.7 Å². The molecule has 0 saturated carbocycles. The first kappa shape index (κ1) is 21.9. The zero-order valence-electron chi connectivity index (χ0n) is 17.8. The summed E-state index contributed by atoms with van der Waals surface area (Å²) in [5.74, 6) is 0.531. The quantitative estimate of drug-likeness (QED) is 0.584. The van der Waals surface area contributed by atoms with E-state index in [-0.39, 0.29) is 11.5 Å². The summed E-state index contributed by atoms with van der Waals surface area (Å²) in [7, 11) is 0. The van der Waals surface area contributed by atoms with Crippen LogP contribution in [0.1, 0.15) is 18.7 Å². The van der Waals surface area contributed by atoms with Gasteiger partial charge in [0.1, 0.15) is 11.9 Å². The number of aromatic amines is 1. The molecule has 168 valence electrons. The van der Waals surface area contributed by atoms with Crippen LogP contribution in [-0.4, -0.2) is 90.9 Å². The van der Waals surface area contributed by atoms with Crippen molar-refractivity contribution in [3.63, 3.8) is 0 Å². The van der Waals surface area contributed by atoms with E-state index >= 15 is 0 Å². The van der Waals surface area contributed by atoms with Crippen LogP contribution in [0.5, 0.6) is 0 Å². The Morgan fingerprint density at radius 1 is 1.13 bits per heavy atom. The van der Waals surface area contributed by atoms with E-state index in [4.69, 9.17) is 9.47 Å². The van der Waals surface area contributed by atoms with Gasteiger partial charge in [-0.1, -0.05) is 12.1 Å². The number of hydrogen-bond acceptors (Lipinski definition) is 7. The summed E-state index contributed by atoms with van der Waals surface area (Å²) in [6.07, 6.45) is 1.50. The minimum absolute atomic E-state index is 0.0731. The third-order valence-electron chi connectivity index (χ3n) is 5.78. The van der Waals surface area contributed by atoms with Gasteiger partial charge in [-0.3, -0.25) is 19.4 Å². The molecule has 2 aliphatic heterocycles. The lowest BCUT2D eigenvalue weighted by molar-refractivity contribution is -0.138. The Bertz CT molecular complexity index is 928. The number of unbranched alkanes of at least 4 members (excludes halogenated alkanes) is 1. The van der Waals surface area contributed by atoms with Crippen LogP contribution in [0.2, 0.25) is 0 Å². The molecule has 3 heterocycles. The maximum atomic E-state index is 12.5. The Morgan fingerprint density at radius 3 is 2.81 bits per heavy atom. The Hall–Kier alpha value is -2.33. The first-order valence-corrected chi connectivity index (χ1v) is 11.1. The standard InChI is InChI=1S/C22H31N5O4/c28-21-17-5-1-2-6-18(17)24-20(25-21)16-27-11-14-31-19(15-27)22(29)23-7-3-4-8-26-9-12-30-13-10-26/h1-2,5-6,19H,3-4,7-16H2,(H,23,29)(H,24,25,28)/t19-/m1/s1. The van der Waals surface area contributed by atoms with Gasteiger partial charge in [-0.05, 0) is 31.5 Å². The van der Waals surface area contributed by atoms with Crippen molar-refractivity contribution in [2.45, 2.75) is 25.5 Å². The molecule has 31 heavy (non-hydrogen) atoms. The highest BCUT2D eigenvalue weighted by atomic mass is 16.5. The molecule has 0 aliphatic carbocycles. The average molecular weight is 430 g/mol. The van der Waals surface area contributed by atoms with E-state index in [1.165, 1.54) is 0 Å². The number of carbonyl (C=O) groups excluding carboxylic acids is 1. The molecule has 2 fully saturated rings. The number of carbonyl (C=O) groups is 1. The highest BCUT2D eigenvalue weighted by Gasteiger charge is 2.27.